The van der Waals surface area contributed by atoms with Crippen molar-refractivity contribution in [3.05, 3.63) is 64.7 Å². The van der Waals surface area contributed by atoms with E-state index in [2.05, 4.69) is 5.32 Å². The van der Waals surface area contributed by atoms with Gasteiger partial charge in [-0.15, -0.1) is 0 Å². The number of aliphatic carboxylic acids is 1. The minimum atomic E-state index is -4.85. The molecule has 7 nitrogen and oxygen atoms in total. The molecule has 0 aromatic heterocycles. The maximum absolute atomic E-state index is 13.8. The van der Waals surface area contributed by atoms with Gasteiger partial charge in [0.05, 0.1) is 16.6 Å². The zero-order valence-electron chi connectivity index (χ0n) is 21.9. The average Bonchev–Trinajstić information content (AvgIpc) is 2.82. The molecule has 0 aliphatic rings. The molecule has 0 unspecified atom stereocenters. The van der Waals surface area contributed by atoms with Gasteiger partial charge in [0, 0.05) is 32.1 Å². The lowest BCUT2D eigenvalue weighted by molar-refractivity contribution is -0.138. The van der Waals surface area contributed by atoms with Gasteiger partial charge in [-0.1, -0.05) is 0 Å². The summed E-state index contributed by atoms with van der Waals surface area (Å²) in [6, 6.07) is 5.42. The van der Waals surface area contributed by atoms with Gasteiger partial charge in [0.2, 0.25) is 10.0 Å². The first-order valence-corrected chi connectivity index (χ1v) is 13.6. The molecule has 0 saturated heterocycles. The number of β-amino-alcohol motifs (C(OH)–C–C–N with tert-alkyl or cyclic N) is 1. The molecule has 0 aliphatic heterocycles. The van der Waals surface area contributed by atoms with E-state index >= 15 is 0 Å². The number of aliphatic hydroxyl groups is 1. The number of hydrogen-bond donors (Lipinski definition) is 3. The summed E-state index contributed by atoms with van der Waals surface area (Å²) in [6.45, 7) is 3.17. The van der Waals surface area contributed by atoms with Gasteiger partial charge < -0.3 is 15.5 Å². The largest absolute Gasteiger partial charge is 0.481 e. The summed E-state index contributed by atoms with van der Waals surface area (Å²) in [5.74, 6) is -2.28. The monoisotopic (exact) mass is 580 g/mol. The van der Waals surface area contributed by atoms with Crippen molar-refractivity contribution in [1.29, 1.82) is 0 Å². The van der Waals surface area contributed by atoms with Crippen LogP contribution in [0, 0.1) is 11.6 Å². The molecule has 39 heavy (non-hydrogen) atoms. The Labute approximate surface area is 224 Å². The Balaban J connectivity index is 2.02. The van der Waals surface area contributed by atoms with Crippen LogP contribution in [-0.2, 0) is 33.8 Å². The van der Waals surface area contributed by atoms with E-state index in [1.807, 2.05) is 13.8 Å². The lowest BCUT2D eigenvalue weighted by Crippen LogP contribution is -2.46. The van der Waals surface area contributed by atoms with Crippen molar-refractivity contribution >= 4 is 16.0 Å². The van der Waals surface area contributed by atoms with Crippen LogP contribution in [0.1, 0.15) is 49.8 Å². The van der Waals surface area contributed by atoms with Gasteiger partial charge >= 0.3 is 12.1 Å². The number of carbonyl (C=O) groups is 1. The predicted molar refractivity (Wildman–Crippen MR) is 135 cm³/mol. The van der Waals surface area contributed by atoms with Crippen LogP contribution >= 0.6 is 0 Å². The van der Waals surface area contributed by atoms with Crippen molar-refractivity contribution in [1.82, 2.24) is 9.62 Å². The van der Waals surface area contributed by atoms with Gasteiger partial charge in [-0.25, -0.2) is 17.2 Å². The van der Waals surface area contributed by atoms with Gasteiger partial charge in [-0.2, -0.15) is 17.5 Å². The number of aliphatic hydroxyl groups excluding tert-OH is 1. The molecule has 13 heteroatoms. The number of carboxylic acids is 1. The van der Waals surface area contributed by atoms with Crippen molar-refractivity contribution in [2.75, 3.05) is 20.1 Å². The highest BCUT2D eigenvalue weighted by Crippen LogP contribution is 2.32. The molecular formula is C26H33F5N2O5S. The Morgan fingerprint density at radius 1 is 1.08 bits per heavy atom. The van der Waals surface area contributed by atoms with E-state index in [9.17, 15) is 40.3 Å². The Morgan fingerprint density at radius 2 is 1.74 bits per heavy atom. The number of hydrogen-bond acceptors (Lipinski definition) is 5. The van der Waals surface area contributed by atoms with Gasteiger partial charge in [0.25, 0.3) is 0 Å². The molecule has 0 radical (unpaired) electrons. The van der Waals surface area contributed by atoms with E-state index in [0.717, 1.165) is 35.6 Å². The summed E-state index contributed by atoms with van der Waals surface area (Å²) in [4.78, 5) is 10.2. The molecule has 2 rings (SSSR count). The molecule has 2 aromatic rings. The lowest BCUT2D eigenvalue weighted by Gasteiger charge is -2.29. The number of sulfonamides is 1. The smallest absolute Gasteiger partial charge is 0.416 e. The number of alkyl halides is 3. The van der Waals surface area contributed by atoms with E-state index in [-0.39, 0.29) is 24.1 Å². The first-order valence-electron chi connectivity index (χ1n) is 12.2. The number of aryl methyl sites for hydroxylation is 2. The van der Waals surface area contributed by atoms with Crippen LogP contribution < -0.4 is 5.32 Å². The van der Waals surface area contributed by atoms with Crippen molar-refractivity contribution in [3.8, 4) is 0 Å². The number of halogens is 5. The van der Waals surface area contributed by atoms with E-state index in [1.54, 1.807) is 0 Å². The van der Waals surface area contributed by atoms with Crippen molar-refractivity contribution in [2.45, 2.75) is 68.7 Å². The third-order valence-corrected chi connectivity index (χ3v) is 7.97. The average molecular weight is 581 g/mol. The molecule has 0 fully saturated rings. The first kappa shape index (κ1) is 32.6. The van der Waals surface area contributed by atoms with Gasteiger partial charge in [-0.3, -0.25) is 4.79 Å². The number of rotatable bonds is 14. The second-order valence-corrected chi connectivity index (χ2v) is 12.1. The van der Waals surface area contributed by atoms with Crippen LogP contribution in [0.4, 0.5) is 22.0 Å². The zero-order valence-corrected chi connectivity index (χ0v) is 22.7. The number of benzene rings is 2. The van der Waals surface area contributed by atoms with Crippen LogP contribution in [0.15, 0.2) is 41.3 Å². The predicted octanol–water partition coefficient (Wildman–Crippen LogP) is 4.37. The van der Waals surface area contributed by atoms with Crippen LogP contribution in [0.2, 0.25) is 0 Å². The quantitative estimate of drug-likeness (QED) is 0.287. The van der Waals surface area contributed by atoms with Crippen LogP contribution in [0.5, 0.6) is 0 Å². The fraction of sp³-hybridized carbons (Fsp3) is 0.500. The van der Waals surface area contributed by atoms with E-state index in [1.165, 1.54) is 0 Å². The highest BCUT2D eigenvalue weighted by molar-refractivity contribution is 7.89. The number of nitrogens with zero attached hydrogens (tertiary/aromatic N) is 1. The Kier molecular flexibility index (Phi) is 11.0. The molecule has 0 spiro atoms. The summed E-state index contributed by atoms with van der Waals surface area (Å²) in [5, 5.41) is 22.4. The fourth-order valence-electron chi connectivity index (χ4n) is 3.95. The molecule has 0 bridgehead atoms. The summed E-state index contributed by atoms with van der Waals surface area (Å²) < 4.78 is 94.0. The minimum Gasteiger partial charge on any atom is -0.481 e. The molecule has 1 atom stereocenters. The van der Waals surface area contributed by atoms with Gasteiger partial charge in [0.1, 0.15) is 11.6 Å². The normalized spacial score (nSPS) is 13.6. The number of carboxylic acid groups (broad SMARTS) is 1. The summed E-state index contributed by atoms with van der Waals surface area (Å²) in [7, 11) is -3.33. The highest BCUT2D eigenvalue weighted by Gasteiger charge is 2.34. The van der Waals surface area contributed by atoms with Crippen molar-refractivity contribution in [3.63, 3.8) is 0 Å². The minimum absolute atomic E-state index is 0.0480. The topological polar surface area (TPSA) is 107 Å². The summed E-state index contributed by atoms with van der Waals surface area (Å²) >= 11 is 0. The molecule has 0 heterocycles. The van der Waals surface area contributed by atoms with E-state index < -0.39 is 68.9 Å². The SMILES string of the molecule is CN(C[C@H](O)CNC(C)(C)CCCc1cc(F)ccc1F)S(=O)(=O)c1cc(CCC(=O)O)cc(C(F)(F)F)c1. The Bertz CT molecular complexity index is 1250. The van der Waals surface area contributed by atoms with Crippen LogP contribution in [0.25, 0.3) is 0 Å². The first-order chi connectivity index (χ1) is 17.9. The Hall–Kier alpha value is -2.61. The molecule has 0 saturated carbocycles. The molecule has 0 amide bonds. The standard InChI is InChI=1S/C26H33F5N2O5S/c1-25(2,10-4-5-18-13-20(27)7-8-23(18)28)32-15-21(34)16-33(3)39(37,38)22-12-17(6-9-24(35)36)11-19(14-22)26(29,30)31/h7-8,11-14,21,32,34H,4-6,9-10,15-16H2,1-3H3,(H,35,36)/t21-/m1/s1. The third-order valence-electron chi connectivity index (χ3n) is 6.17. The lowest BCUT2D eigenvalue weighted by atomic mass is 9.95. The Morgan fingerprint density at radius 3 is 2.36 bits per heavy atom. The number of likely N-dealkylation sites (N-methyl/N-ethyl adjacent to an activating group) is 1. The number of nitrogens with one attached hydrogen (secondary N) is 1. The molecule has 2 aromatic carbocycles. The van der Waals surface area contributed by atoms with Crippen LogP contribution in [0.3, 0.4) is 0 Å². The second-order valence-electron chi connectivity index (χ2n) is 10.1. The van der Waals surface area contributed by atoms with Gasteiger partial charge in [0.15, 0.2) is 0 Å². The second kappa shape index (κ2) is 13.2. The third kappa shape index (κ3) is 10.1. The van der Waals surface area contributed by atoms with Crippen molar-refractivity contribution < 1.29 is 45.4 Å². The zero-order chi connectivity index (χ0) is 29.6. The highest BCUT2D eigenvalue weighted by atomic mass is 32.2. The van der Waals surface area contributed by atoms with Crippen LogP contribution in [-0.4, -0.2) is 60.7 Å². The van der Waals surface area contributed by atoms with E-state index in [0.29, 0.717) is 31.4 Å². The summed E-state index contributed by atoms with van der Waals surface area (Å²) in [5.41, 5.74) is -1.62. The van der Waals surface area contributed by atoms with Gasteiger partial charge in [-0.05, 0) is 87.1 Å². The maximum Gasteiger partial charge on any atom is 0.416 e. The maximum atomic E-state index is 13.8. The van der Waals surface area contributed by atoms with Crippen molar-refractivity contribution in [2.24, 2.45) is 0 Å². The molecule has 3 N–H and O–H groups in total. The van der Waals surface area contributed by atoms with E-state index in [4.69, 9.17) is 5.11 Å². The summed E-state index contributed by atoms with van der Waals surface area (Å²) in [6.07, 6.45) is -5.52. The molecule has 218 valence electrons. The fourth-order valence-corrected chi connectivity index (χ4v) is 5.25. The molecule has 0 aliphatic carbocycles. The molecular weight excluding hydrogens is 547 g/mol.